The van der Waals surface area contributed by atoms with E-state index in [0.717, 1.165) is 0 Å². The van der Waals surface area contributed by atoms with Gasteiger partial charge in [-0.15, -0.1) is 0 Å². The lowest BCUT2D eigenvalue weighted by molar-refractivity contribution is 0.268. The van der Waals surface area contributed by atoms with Crippen molar-refractivity contribution < 1.29 is 9.13 Å². The molecule has 1 aliphatic rings. The van der Waals surface area contributed by atoms with Gasteiger partial charge in [0, 0.05) is 24.1 Å². The number of hydrogen-bond acceptors (Lipinski definition) is 3. The Kier molecular flexibility index (Phi) is 2.10. The maximum atomic E-state index is 13.2. The van der Waals surface area contributed by atoms with Gasteiger partial charge in [0.05, 0.1) is 12.2 Å². The van der Waals surface area contributed by atoms with Gasteiger partial charge in [-0.3, -0.25) is 0 Å². The first-order chi connectivity index (χ1) is 6.72. The predicted molar refractivity (Wildman–Crippen MR) is 48.2 cm³/mol. The molecule has 1 aliphatic heterocycles. The number of ether oxygens (including phenoxy) is 1. The van der Waals surface area contributed by atoms with E-state index in [9.17, 15) is 4.39 Å². The van der Waals surface area contributed by atoms with E-state index in [1.54, 1.807) is 6.07 Å². The third-order valence-electron chi connectivity index (χ3n) is 2.31. The van der Waals surface area contributed by atoms with Crippen LogP contribution in [-0.2, 0) is 0 Å². The summed E-state index contributed by atoms with van der Waals surface area (Å²) in [6.07, 6.45) is 0.679. The van der Waals surface area contributed by atoms with Crippen LogP contribution in [-0.4, -0.2) is 6.61 Å². The molecule has 1 heterocycles. The zero-order chi connectivity index (χ0) is 10.1. The number of nitrogens with two attached hydrogens (primary N) is 1. The third-order valence-corrected chi connectivity index (χ3v) is 2.31. The monoisotopic (exact) mass is 192 g/mol. The molecule has 0 fully saturated rings. The van der Waals surface area contributed by atoms with Crippen LogP contribution in [0.1, 0.15) is 23.6 Å². The van der Waals surface area contributed by atoms with Crippen LogP contribution in [0.25, 0.3) is 0 Å². The Morgan fingerprint density at radius 3 is 3.07 bits per heavy atom. The van der Waals surface area contributed by atoms with E-state index in [-0.39, 0.29) is 11.6 Å². The van der Waals surface area contributed by atoms with E-state index in [2.05, 4.69) is 0 Å². The fourth-order valence-corrected chi connectivity index (χ4v) is 1.52. The number of benzene rings is 1. The van der Waals surface area contributed by atoms with Crippen molar-refractivity contribution >= 4 is 0 Å². The molecule has 1 atom stereocenters. The van der Waals surface area contributed by atoms with Crippen molar-refractivity contribution in [3.8, 4) is 11.8 Å². The van der Waals surface area contributed by atoms with Gasteiger partial charge >= 0.3 is 0 Å². The molecule has 0 unspecified atom stereocenters. The average molecular weight is 192 g/mol. The molecular weight excluding hydrogens is 183 g/mol. The summed E-state index contributed by atoms with van der Waals surface area (Å²) in [4.78, 5) is 0. The highest BCUT2D eigenvalue weighted by Gasteiger charge is 2.20. The van der Waals surface area contributed by atoms with Gasteiger partial charge in [-0.1, -0.05) is 0 Å². The third kappa shape index (κ3) is 1.32. The maximum absolute atomic E-state index is 13.2. The van der Waals surface area contributed by atoms with Crippen LogP contribution in [0.4, 0.5) is 4.39 Å². The lowest BCUT2D eigenvalue weighted by atomic mass is 9.99. The molecule has 0 aliphatic carbocycles. The highest BCUT2D eigenvalue weighted by atomic mass is 19.1. The van der Waals surface area contributed by atoms with Crippen LogP contribution >= 0.6 is 0 Å². The minimum absolute atomic E-state index is 0.00199. The van der Waals surface area contributed by atoms with Crippen molar-refractivity contribution in [3.63, 3.8) is 0 Å². The van der Waals surface area contributed by atoms with E-state index in [1.807, 2.05) is 0 Å². The highest BCUT2D eigenvalue weighted by Crippen LogP contribution is 2.32. The van der Waals surface area contributed by atoms with Crippen LogP contribution in [0.2, 0.25) is 0 Å². The van der Waals surface area contributed by atoms with E-state index in [1.165, 1.54) is 12.1 Å². The molecule has 3 nitrogen and oxygen atoms in total. The SMILES string of the molecule is N#Cc1cc2c(cc1F)[C@@H](N)CCO2. The Bertz CT molecular complexity index is 411. The minimum Gasteiger partial charge on any atom is -0.493 e. The first-order valence-electron chi connectivity index (χ1n) is 4.34. The highest BCUT2D eigenvalue weighted by molar-refractivity contribution is 5.45. The van der Waals surface area contributed by atoms with Crippen molar-refractivity contribution in [3.05, 3.63) is 29.1 Å². The average Bonchev–Trinajstić information content (AvgIpc) is 2.19. The number of halogens is 1. The van der Waals surface area contributed by atoms with Gasteiger partial charge in [-0.25, -0.2) is 4.39 Å². The van der Waals surface area contributed by atoms with Gasteiger partial charge < -0.3 is 10.5 Å². The van der Waals surface area contributed by atoms with Gasteiger partial charge in [-0.2, -0.15) is 5.26 Å². The largest absolute Gasteiger partial charge is 0.493 e. The minimum atomic E-state index is -0.535. The molecule has 0 spiro atoms. The van der Waals surface area contributed by atoms with E-state index >= 15 is 0 Å². The first kappa shape index (κ1) is 8.97. The molecule has 0 aromatic heterocycles. The lowest BCUT2D eigenvalue weighted by Crippen LogP contribution is -2.20. The molecule has 14 heavy (non-hydrogen) atoms. The smallest absolute Gasteiger partial charge is 0.141 e. The van der Waals surface area contributed by atoms with Gasteiger partial charge in [0.2, 0.25) is 0 Å². The number of nitriles is 1. The summed E-state index contributed by atoms with van der Waals surface area (Å²) in [6.45, 7) is 0.519. The first-order valence-corrected chi connectivity index (χ1v) is 4.34. The summed E-state index contributed by atoms with van der Waals surface area (Å²) < 4.78 is 18.5. The lowest BCUT2D eigenvalue weighted by Gasteiger charge is -2.22. The molecule has 72 valence electrons. The van der Waals surface area contributed by atoms with Gasteiger partial charge in [0.1, 0.15) is 17.6 Å². The summed E-state index contributed by atoms with van der Waals surface area (Å²) >= 11 is 0. The van der Waals surface area contributed by atoms with E-state index < -0.39 is 5.82 Å². The van der Waals surface area contributed by atoms with Crippen molar-refractivity contribution in [2.45, 2.75) is 12.5 Å². The molecule has 0 amide bonds. The topological polar surface area (TPSA) is 59.0 Å². The molecule has 0 radical (unpaired) electrons. The van der Waals surface area contributed by atoms with Crippen molar-refractivity contribution in [2.75, 3.05) is 6.61 Å². The Balaban J connectivity index is 2.55. The summed E-state index contributed by atoms with van der Waals surface area (Å²) in [7, 11) is 0. The maximum Gasteiger partial charge on any atom is 0.141 e. The van der Waals surface area contributed by atoms with E-state index in [4.69, 9.17) is 15.7 Å². The van der Waals surface area contributed by atoms with Crippen LogP contribution in [0.15, 0.2) is 12.1 Å². The normalized spacial score (nSPS) is 19.4. The second-order valence-electron chi connectivity index (χ2n) is 3.23. The molecule has 0 saturated heterocycles. The van der Waals surface area contributed by atoms with Crippen molar-refractivity contribution in [1.29, 1.82) is 5.26 Å². The summed E-state index contributed by atoms with van der Waals surface area (Å²) in [5.41, 5.74) is 6.42. The molecule has 0 bridgehead atoms. The zero-order valence-electron chi connectivity index (χ0n) is 7.46. The molecular formula is C10H9FN2O. The summed E-state index contributed by atoms with van der Waals surface area (Å²) in [6, 6.07) is 4.27. The van der Waals surface area contributed by atoms with Gasteiger partial charge in [0.15, 0.2) is 0 Å². The van der Waals surface area contributed by atoms with E-state index in [0.29, 0.717) is 24.3 Å². The number of nitrogens with zero attached hydrogens (tertiary/aromatic N) is 1. The van der Waals surface area contributed by atoms with Gasteiger partial charge in [-0.05, 0) is 6.07 Å². The van der Waals surface area contributed by atoms with Crippen molar-refractivity contribution in [1.82, 2.24) is 0 Å². The number of fused-ring (bicyclic) bond motifs is 1. The van der Waals surface area contributed by atoms with Crippen LogP contribution in [0.5, 0.6) is 5.75 Å². The molecule has 2 N–H and O–H groups in total. The van der Waals surface area contributed by atoms with Crippen molar-refractivity contribution in [2.24, 2.45) is 5.73 Å². The van der Waals surface area contributed by atoms with Crippen LogP contribution in [0.3, 0.4) is 0 Å². The fraction of sp³-hybridized carbons (Fsp3) is 0.300. The molecule has 1 aromatic carbocycles. The predicted octanol–water partition coefficient (Wildman–Crippen LogP) is 1.48. The Morgan fingerprint density at radius 2 is 2.36 bits per heavy atom. The number of rotatable bonds is 0. The number of hydrogen-bond donors (Lipinski definition) is 1. The standard InChI is InChI=1S/C10H9FN2O/c11-8-4-7-9(13)1-2-14-10(7)3-6(8)5-12/h3-4,9H,1-2,13H2/t9-/m0/s1. The molecule has 4 heteroatoms. The van der Waals surface area contributed by atoms with Crippen LogP contribution in [0, 0.1) is 17.1 Å². The second-order valence-corrected chi connectivity index (χ2v) is 3.23. The Labute approximate surface area is 80.9 Å². The summed E-state index contributed by atoms with van der Waals surface area (Å²) in [5.74, 6) is -0.00565. The quantitative estimate of drug-likeness (QED) is 0.677. The summed E-state index contributed by atoms with van der Waals surface area (Å²) in [5, 5.41) is 8.61. The van der Waals surface area contributed by atoms with Crippen LogP contribution < -0.4 is 10.5 Å². The van der Waals surface area contributed by atoms with Gasteiger partial charge in [0.25, 0.3) is 0 Å². The molecule has 2 rings (SSSR count). The Hall–Kier alpha value is -1.60. The fourth-order valence-electron chi connectivity index (χ4n) is 1.52. The zero-order valence-corrected chi connectivity index (χ0v) is 7.46. The Morgan fingerprint density at radius 1 is 1.57 bits per heavy atom. The molecule has 1 aromatic rings. The second kappa shape index (κ2) is 3.28. The molecule has 0 saturated carbocycles.